The van der Waals surface area contributed by atoms with Crippen LogP contribution in [0, 0.1) is 0 Å². The molecule has 0 radical (unpaired) electrons. The summed E-state index contributed by atoms with van der Waals surface area (Å²) in [6.45, 7) is 0.463. The zero-order valence-corrected chi connectivity index (χ0v) is 12.9. The van der Waals surface area contributed by atoms with Gasteiger partial charge in [0.15, 0.2) is 6.61 Å². The van der Waals surface area contributed by atoms with Crippen LogP contribution in [0.15, 0.2) is 42.5 Å². The number of rotatable bonds is 5. The summed E-state index contributed by atoms with van der Waals surface area (Å²) in [6, 6.07) is 12.0. The Kier molecular flexibility index (Phi) is 4.64. The van der Waals surface area contributed by atoms with Crippen molar-refractivity contribution in [2.75, 3.05) is 18.1 Å². The molecule has 0 saturated carbocycles. The number of benzene rings is 2. The van der Waals surface area contributed by atoms with Crippen molar-refractivity contribution in [2.45, 2.75) is 6.42 Å². The number of hydrogen-bond acceptors (Lipinski definition) is 5. The van der Waals surface area contributed by atoms with Crippen molar-refractivity contribution in [3.63, 3.8) is 0 Å². The monoisotopic (exact) mass is 325 g/mol. The molecule has 2 aromatic carbocycles. The standard InChI is InChI=1S/C17H16BNO5/c20-10-13-9-14(5-6-15(13)18(22)23)24-11-17(21)19-8-7-12-3-1-2-4-16(12)19/h1-6,9-10,22-23H,7-8,11H2. The highest BCUT2D eigenvalue weighted by atomic mass is 16.5. The zero-order chi connectivity index (χ0) is 17.1. The topological polar surface area (TPSA) is 87.1 Å². The van der Waals surface area contributed by atoms with Gasteiger partial charge >= 0.3 is 7.12 Å². The van der Waals surface area contributed by atoms with Gasteiger partial charge in [-0.25, -0.2) is 0 Å². The van der Waals surface area contributed by atoms with Crippen LogP contribution in [0.25, 0.3) is 0 Å². The van der Waals surface area contributed by atoms with Gasteiger partial charge in [-0.2, -0.15) is 0 Å². The lowest BCUT2D eigenvalue weighted by atomic mass is 9.77. The van der Waals surface area contributed by atoms with Crippen LogP contribution < -0.4 is 15.1 Å². The Balaban J connectivity index is 1.68. The molecule has 2 aromatic rings. The lowest BCUT2D eigenvalue weighted by Gasteiger charge is -2.17. The number of hydrogen-bond donors (Lipinski definition) is 2. The molecule has 1 amide bonds. The maximum Gasteiger partial charge on any atom is 0.489 e. The van der Waals surface area contributed by atoms with Gasteiger partial charge in [0.05, 0.1) is 0 Å². The van der Waals surface area contributed by atoms with Crippen molar-refractivity contribution >= 4 is 30.5 Å². The second-order valence-electron chi connectivity index (χ2n) is 5.50. The molecular formula is C17H16BNO5. The van der Waals surface area contributed by atoms with Gasteiger partial charge in [-0.15, -0.1) is 0 Å². The Bertz CT molecular complexity index is 777. The molecule has 122 valence electrons. The van der Waals surface area contributed by atoms with Crippen LogP contribution in [0.2, 0.25) is 0 Å². The lowest BCUT2D eigenvalue weighted by molar-refractivity contribution is -0.120. The summed E-state index contributed by atoms with van der Waals surface area (Å²) >= 11 is 0. The third-order valence-electron chi connectivity index (χ3n) is 4.01. The van der Waals surface area contributed by atoms with E-state index in [1.807, 2.05) is 24.3 Å². The van der Waals surface area contributed by atoms with Crippen molar-refractivity contribution in [1.82, 2.24) is 0 Å². The molecule has 2 N–H and O–H groups in total. The minimum absolute atomic E-state index is 0.0946. The smallest absolute Gasteiger partial charge is 0.484 e. The van der Waals surface area contributed by atoms with Gasteiger partial charge in [0, 0.05) is 17.8 Å². The van der Waals surface area contributed by atoms with E-state index in [2.05, 4.69) is 0 Å². The van der Waals surface area contributed by atoms with E-state index in [9.17, 15) is 19.6 Å². The molecule has 7 heteroatoms. The molecule has 24 heavy (non-hydrogen) atoms. The van der Waals surface area contributed by atoms with E-state index in [0.717, 1.165) is 17.7 Å². The van der Waals surface area contributed by atoms with Gasteiger partial charge in [-0.1, -0.05) is 24.3 Å². The molecule has 1 aliphatic heterocycles. The highest BCUT2D eigenvalue weighted by molar-refractivity contribution is 6.60. The number of anilines is 1. The van der Waals surface area contributed by atoms with Crippen LogP contribution in [0.1, 0.15) is 15.9 Å². The molecular weight excluding hydrogens is 309 g/mol. The van der Waals surface area contributed by atoms with Crippen molar-refractivity contribution in [2.24, 2.45) is 0 Å². The van der Waals surface area contributed by atoms with E-state index in [1.54, 1.807) is 4.90 Å². The average molecular weight is 325 g/mol. The summed E-state index contributed by atoms with van der Waals surface area (Å²) in [5.41, 5.74) is 2.24. The van der Waals surface area contributed by atoms with Gasteiger partial charge < -0.3 is 19.7 Å². The molecule has 1 aliphatic rings. The first-order valence-electron chi connectivity index (χ1n) is 7.56. The van der Waals surface area contributed by atoms with Gasteiger partial charge in [-0.3, -0.25) is 9.59 Å². The van der Waals surface area contributed by atoms with Crippen molar-refractivity contribution in [3.05, 3.63) is 53.6 Å². The van der Waals surface area contributed by atoms with E-state index >= 15 is 0 Å². The third-order valence-corrected chi connectivity index (χ3v) is 4.01. The summed E-state index contributed by atoms with van der Waals surface area (Å²) < 4.78 is 5.46. The summed E-state index contributed by atoms with van der Waals surface area (Å²) in [6.07, 6.45) is 1.33. The second kappa shape index (κ2) is 6.86. The maximum atomic E-state index is 12.4. The molecule has 0 saturated heterocycles. The van der Waals surface area contributed by atoms with E-state index in [-0.39, 0.29) is 23.5 Å². The minimum Gasteiger partial charge on any atom is -0.484 e. The number of carbonyl (C=O) groups is 2. The largest absolute Gasteiger partial charge is 0.489 e. The highest BCUT2D eigenvalue weighted by Gasteiger charge is 2.24. The predicted octanol–water partition coefficient (Wildman–Crippen LogP) is 0.147. The Morgan fingerprint density at radius 1 is 1.25 bits per heavy atom. The summed E-state index contributed by atoms with van der Waals surface area (Å²) in [7, 11) is -1.73. The number of ether oxygens (including phenoxy) is 1. The number of amides is 1. The first-order valence-corrected chi connectivity index (χ1v) is 7.56. The van der Waals surface area contributed by atoms with Crippen LogP contribution in [0.5, 0.6) is 5.75 Å². The molecule has 0 fully saturated rings. The average Bonchev–Trinajstić information content (AvgIpc) is 3.03. The molecule has 6 nitrogen and oxygen atoms in total. The van der Waals surface area contributed by atoms with E-state index < -0.39 is 7.12 Å². The fourth-order valence-corrected chi connectivity index (χ4v) is 2.80. The zero-order valence-electron chi connectivity index (χ0n) is 12.9. The third kappa shape index (κ3) is 3.17. The molecule has 3 rings (SSSR count). The van der Waals surface area contributed by atoms with Crippen molar-refractivity contribution in [3.8, 4) is 5.75 Å². The predicted molar refractivity (Wildman–Crippen MR) is 89.6 cm³/mol. The van der Waals surface area contributed by atoms with Crippen molar-refractivity contribution < 1.29 is 24.4 Å². The number of fused-ring (bicyclic) bond motifs is 1. The molecule has 0 aromatic heterocycles. The number of aldehydes is 1. The van der Waals surface area contributed by atoms with E-state index in [4.69, 9.17) is 4.74 Å². The SMILES string of the molecule is O=Cc1cc(OCC(=O)N2CCc3ccccc32)ccc1B(O)O. The Morgan fingerprint density at radius 2 is 2.04 bits per heavy atom. The van der Waals surface area contributed by atoms with E-state index in [1.165, 1.54) is 18.2 Å². The quantitative estimate of drug-likeness (QED) is 0.603. The number of nitrogens with zero attached hydrogens (tertiary/aromatic N) is 1. The van der Waals surface area contributed by atoms with Gasteiger partial charge in [0.1, 0.15) is 12.0 Å². The first-order chi connectivity index (χ1) is 11.6. The summed E-state index contributed by atoms with van der Waals surface area (Å²) in [5.74, 6) is 0.154. The van der Waals surface area contributed by atoms with E-state index in [0.29, 0.717) is 18.6 Å². The molecule has 0 unspecified atom stereocenters. The first kappa shape index (κ1) is 16.2. The number of carbonyl (C=O) groups excluding carboxylic acids is 2. The molecule has 0 aliphatic carbocycles. The van der Waals surface area contributed by atoms with Crippen LogP contribution >= 0.6 is 0 Å². The lowest BCUT2D eigenvalue weighted by Crippen LogP contribution is -2.34. The minimum atomic E-state index is -1.73. The van der Waals surface area contributed by atoms with Crippen LogP contribution in [-0.4, -0.2) is 42.5 Å². The highest BCUT2D eigenvalue weighted by Crippen LogP contribution is 2.27. The normalized spacial score (nSPS) is 12.7. The fraction of sp³-hybridized carbons (Fsp3) is 0.176. The van der Waals surface area contributed by atoms with Gasteiger partial charge in [0.2, 0.25) is 0 Å². The maximum absolute atomic E-state index is 12.4. The Hall–Kier alpha value is -2.64. The summed E-state index contributed by atoms with van der Waals surface area (Å²) in [4.78, 5) is 25.1. The van der Waals surface area contributed by atoms with Gasteiger partial charge in [0.25, 0.3) is 5.91 Å². The van der Waals surface area contributed by atoms with Crippen molar-refractivity contribution in [1.29, 1.82) is 0 Å². The molecule has 0 spiro atoms. The van der Waals surface area contributed by atoms with Crippen LogP contribution in [0.3, 0.4) is 0 Å². The van der Waals surface area contributed by atoms with Crippen LogP contribution in [-0.2, 0) is 11.2 Å². The number of para-hydroxylation sites is 1. The summed E-state index contributed by atoms with van der Waals surface area (Å²) in [5, 5.41) is 18.4. The van der Waals surface area contributed by atoms with Gasteiger partial charge in [-0.05, 0) is 35.6 Å². The molecule has 0 bridgehead atoms. The Labute approximate surface area is 139 Å². The Morgan fingerprint density at radius 3 is 2.79 bits per heavy atom. The molecule has 0 atom stereocenters. The van der Waals surface area contributed by atoms with Crippen LogP contribution in [0.4, 0.5) is 5.69 Å². The fourth-order valence-electron chi connectivity index (χ4n) is 2.80. The molecule has 1 heterocycles. The second-order valence-corrected chi connectivity index (χ2v) is 5.50.